The van der Waals surface area contributed by atoms with E-state index in [0.29, 0.717) is 36.8 Å². The minimum Gasteiger partial charge on any atom is -0.490 e. The van der Waals surface area contributed by atoms with E-state index in [1.807, 2.05) is 19.9 Å². The third kappa shape index (κ3) is 5.43. The molecule has 0 radical (unpaired) electrons. The molecule has 7 atom stereocenters. The molecule has 0 saturated heterocycles. The predicted molar refractivity (Wildman–Crippen MR) is 166 cm³/mol. The minimum absolute atomic E-state index is 0.0844. The Morgan fingerprint density at radius 3 is 2.64 bits per heavy atom. The molecule has 4 aliphatic rings. The molecule has 1 saturated carbocycles. The van der Waals surface area contributed by atoms with E-state index in [0.717, 1.165) is 55.8 Å². The van der Waals surface area contributed by atoms with Crippen LogP contribution in [0.15, 0.2) is 36.4 Å². The summed E-state index contributed by atoms with van der Waals surface area (Å²) in [7, 11) is -3.91. The molecule has 6 rings (SSSR count). The second-order valence-corrected chi connectivity index (χ2v) is 15.9. The fourth-order valence-corrected chi connectivity index (χ4v) is 9.39. The number of aliphatic hydroxyl groups is 1. The van der Waals surface area contributed by atoms with Gasteiger partial charge in [-0.2, -0.15) is 0 Å². The molecule has 1 amide bonds. The molecule has 42 heavy (non-hydrogen) atoms. The van der Waals surface area contributed by atoms with Gasteiger partial charge in [-0.25, -0.2) is 13.1 Å². The fourth-order valence-electron chi connectivity index (χ4n) is 7.80. The number of rotatable bonds is 0. The van der Waals surface area contributed by atoms with Gasteiger partial charge in [0.15, 0.2) is 0 Å². The Hall–Kier alpha value is -2.29. The van der Waals surface area contributed by atoms with Gasteiger partial charge in [-0.15, -0.1) is 0 Å². The third-order valence-electron chi connectivity index (χ3n) is 11.0. The molecule has 9 heteroatoms. The van der Waals surface area contributed by atoms with Crippen LogP contribution in [0.25, 0.3) is 0 Å². The van der Waals surface area contributed by atoms with Crippen LogP contribution in [0.1, 0.15) is 80.8 Å². The lowest BCUT2D eigenvalue weighted by Crippen LogP contribution is -2.49. The number of fused-ring (bicyclic) bond motifs is 4. The van der Waals surface area contributed by atoms with E-state index >= 15 is 0 Å². The zero-order valence-electron chi connectivity index (χ0n) is 24.8. The van der Waals surface area contributed by atoms with Crippen LogP contribution in [0.3, 0.4) is 0 Å². The molecule has 7 nitrogen and oxygen atoms in total. The second kappa shape index (κ2) is 11.3. The van der Waals surface area contributed by atoms with Crippen molar-refractivity contribution in [2.45, 2.75) is 82.5 Å². The van der Waals surface area contributed by atoms with Gasteiger partial charge in [0.05, 0.1) is 23.6 Å². The average Bonchev–Trinajstić information content (AvgIpc) is 3.09. The molecule has 1 fully saturated rings. The van der Waals surface area contributed by atoms with Gasteiger partial charge in [0.1, 0.15) is 5.75 Å². The molecule has 0 unspecified atom stereocenters. The number of carbonyl (C=O) groups excluding carboxylic acids is 1. The molecule has 2 N–H and O–H groups in total. The normalized spacial score (nSPS) is 34.7. The lowest BCUT2D eigenvalue weighted by atomic mass is 9.68. The molecule has 228 valence electrons. The first-order valence-electron chi connectivity index (χ1n) is 15.5. The van der Waals surface area contributed by atoms with E-state index < -0.39 is 27.3 Å². The number of benzene rings is 2. The Morgan fingerprint density at radius 2 is 1.88 bits per heavy atom. The second-order valence-electron chi connectivity index (χ2n) is 13.5. The van der Waals surface area contributed by atoms with Gasteiger partial charge >= 0.3 is 0 Å². The van der Waals surface area contributed by atoms with Crippen molar-refractivity contribution in [2.75, 3.05) is 24.6 Å². The van der Waals surface area contributed by atoms with E-state index in [2.05, 4.69) is 21.8 Å². The summed E-state index contributed by atoms with van der Waals surface area (Å²) in [6.07, 6.45) is 6.00. The van der Waals surface area contributed by atoms with Crippen molar-refractivity contribution < 1.29 is 23.1 Å². The molecule has 2 aliphatic heterocycles. The average molecular weight is 615 g/mol. The van der Waals surface area contributed by atoms with Crippen LogP contribution in [0.2, 0.25) is 5.02 Å². The molecule has 1 spiro atoms. The van der Waals surface area contributed by atoms with Gasteiger partial charge in [-0.05, 0) is 117 Å². The number of aryl methyl sites for hydroxylation is 1. The van der Waals surface area contributed by atoms with Gasteiger partial charge in [0.25, 0.3) is 5.91 Å². The van der Waals surface area contributed by atoms with Crippen LogP contribution < -0.4 is 14.4 Å². The molecule has 2 aliphatic carbocycles. The highest BCUT2D eigenvalue weighted by Gasteiger charge is 2.44. The first kappa shape index (κ1) is 29.8. The number of nitrogens with one attached hydrogen (secondary N) is 1. The van der Waals surface area contributed by atoms with Crippen molar-refractivity contribution in [2.24, 2.45) is 23.7 Å². The SMILES string of the molecule is C[C@H]1[C@H](C)CC[C@H](O)[C@@H]2CC[C@H]2CN2C[C@@]3(CCCc4cc(Cl)ccc43)COc3ccc(cc32)C(=O)NS(=O)(=O)[C@@H]1C. The van der Waals surface area contributed by atoms with Crippen LogP contribution in [-0.2, 0) is 21.9 Å². The van der Waals surface area contributed by atoms with Crippen LogP contribution in [-0.4, -0.2) is 50.5 Å². The van der Waals surface area contributed by atoms with Crippen LogP contribution in [0.4, 0.5) is 5.69 Å². The Labute approximate surface area is 255 Å². The van der Waals surface area contributed by atoms with Crippen molar-refractivity contribution in [3.8, 4) is 5.75 Å². The number of amides is 1. The van der Waals surface area contributed by atoms with Crippen molar-refractivity contribution in [3.63, 3.8) is 0 Å². The van der Waals surface area contributed by atoms with E-state index in [9.17, 15) is 18.3 Å². The number of sulfonamides is 1. The number of carbonyl (C=O) groups is 1. The zero-order valence-corrected chi connectivity index (χ0v) is 26.4. The highest BCUT2D eigenvalue weighted by molar-refractivity contribution is 7.90. The van der Waals surface area contributed by atoms with Crippen molar-refractivity contribution in [1.82, 2.24) is 4.72 Å². The smallest absolute Gasteiger partial charge is 0.264 e. The zero-order chi connectivity index (χ0) is 29.8. The molecule has 2 aromatic carbocycles. The maximum Gasteiger partial charge on any atom is 0.264 e. The van der Waals surface area contributed by atoms with Gasteiger partial charge in [0.2, 0.25) is 10.0 Å². The number of aliphatic hydroxyl groups excluding tert-OH is 1. The summed E-state index contributed by atoms with van der Waals surface area (Å²) >= 11 is 6.39. The van der Waals surface area contributed by atoms with Crippen LogP contribution in [0.5, 0.6) is 5.75 Å². The molecule has 2 heterocycles. The fraction of sp³-hybridized carbons (Fsp3) is 0.606. The molecule has 2 aromatic rings. The Balaban J connectivity index is 1.41. The van der Waals surface area contributed by atoms with Gasteiger partial charge in [-0.1, -0.05) is 31.5 Å². The molecular formula is C33H43ClN2O5S. The number of hydrogen-bond acceptors (Lipinski definition) is 6. The Morgan fingerprint density at radius 1 is 1.07 bits per heavy atom. The number of ether oxygens (including phenoxy) is 1. The summed E-state index contributed by atoms with van der Waals surface area (Å²) in [6.45, 7) is 7.60. The quantitative estimate of drug-likeness (QED) is 0.394. The van der Waals surface area contributed by atoms with E-state index in [-0.39, 0.29) is 23.2 Å². The highest BCUT2D eigenvalue weighted by atomic mass is 35.5. The summed E-state index contributed by atoms with van der Waals surface area (Å²) in [4.78, 5) is 15.7. The number of anilines is 1. The maximum atomic E-state index is 13.4. The summed E-state index contributed by atoms with van der Waals surface area (Å²) in [6, 6.07) is 11.4. The summed E-state index contributed by atoms with van der Waals surface area (Å²) in [5, 5.41) is 11.3. The Bertz CT molecular complexity index is 1460. The van der Waals surface area contributed by atoms with Gasteiger partial charge in [0, 0.05) is 29.1 Å². The number of nitrogens with zero attached hydrogens (tertiary/aromatic N) is 1. The molecular weight excluding hydrogens is 572 g/mol. The largest absolute Gasteiger partial charge is 0.490 e. The standard InChI is InChI=1S/C33H43ClN2O5S/c1-20-6-12-30(37)27-10-7-25(27)17-36-18-33(14-4-5-23-15-26(34)9-11-28(23)33)19-41-31-13-8-24(16-29(31)36)32(38)35-42(39,40)22(3)21(20)2/h8-9,11,13,15-16,20-22,25,27,30,37H,4-7,10,12,14,17-19H2,1-3H3,(H,35,38)/t20-,21+,22-,25+,27-,30+,33+/m1/s1. The van der Waals surface area contributed by atoms with E-state index in [1.54, 1.807) is 25.1 Å². The Kier molecular flexibility index (Phi) is 8.03. The lowest BCUT2D eigenvalue weighted by molar-refractivity contribution is 0.00600. The van der Waals surface area contributed by atoms with E-state index in [4.69, 9.17) is 16.3 Å². The first-order chi connectivity index (χ1) is 20.0. The van der Waals surface area contributed by atoms with Crippen molar-refractivity contribution >= 4 is 33.2 Å². The lowest BCUT2D eigenvalue weighted by Gasteiger charge is -2.46. The van der Waals surface area contributed by atoms with Crippen molar-refractivity contribution in [3.05, 3.63) is 58.1 Å². The predicted octanol–water partition coefficient (Wildman–Crippen LogP) is 5.71. The molecule has 0 aromatic heterocycles. The molecule has 2 bridgehead atoms. The summed E-state index contributed by atoms with van der Waals surface area (Å²) < 4.78 is 35.5. The first-order valence-corrected chi connectivity index (χ1v) is 17.4. The highest BCUT2D eigenvalue weighted by Crippen LogP contribution is 2.47. The number of hydrogen-bond donors (Lipinski definition) is 2. The summed E-state index contributed by atoms with van der Waals surface area (Å²) in [5.74, 6) is 0.516. The third-order valence-corrected chi connectivity index (χ3v) is 13.1. The minimum atomic E-state index is -3.91. The maximum absolute atomic E-state index is 13.4. The summed E-state index contributed by atoms with van der Waals surface area (Å²) in [5.41, 5.74) is 3.38. The van der Waals surface area contributed by atoms with Crippen LogP contribution in [0, 0.1) is 23.7 Å². The van der Waals surface area contributed by atoms with Gasteiger partial charge < -0.3 is 14.7 Å². The van der Waals surface area contributed by atoms with Crippen LogP contribution >= 0.6 is 11.6 Å². The van der Waals surface area contributed by atoms with Gasteiger partial charge in [-0.3, -0.25) is 4.79 Å². The van der Waals surface area contributed by atoms with Crippen molar-refractivity contribution in [1.29, 1.82) is 0 Å². The van der Waals surface area contributed by atoms with E-state index in [1.165, 1.54) is 11.1 Å². The monoisotopic (exact) mass is 614 g/mol. The number of halogens is 1. The topological polar surface area (TPSA) is 95.9 Å².